The maximum absolute atomic E-state index is 11.8. The predicted octanol–water partition coefficient (Wildman–Crippen LogP) is 2.55. The van der Waals surface area contributed by atoms with Gasteiger partial charge in [-0.1, -0.05) is 11.6 Å². The Morgan fingerprint density at radius 1 is 1.30 bits per heavy atom. The molecule has 1 heterocycles. The SMILES string of the molecule is Cc1cc(OCCCC(=O)NCC(=O)N2CCCC2)ccc1Cl. The normalized spacial score (nSPS) is 13.9. The molecule has 1 saturated heterocycles. The molecule has 0 radical (unpaired) electrons. The van der Waals surface area contributed by atoms with Gasteiger partial charge < -0.3 is 15.0 Å². The van der Waals surface area contributed by atoms with Crippen LogP contribution in [-0.4, -0.2) is 43.0 Å². The Balaban J connectivity index is 1.59. The molecule has 6 heteroatoms. The maximum Gasteiger partial charge on any atom is 0.241 e. The molecule has 2 rings (SSSR count). The second kappa shape index (κ2) is 8.77. The van der Waals surface area contributed by atoms with Gasteiger partial charge in [0.2, 0.25) is 11.8 Å². The molecule has 0 atom stereocenters. The van der Waals surface area contributed by atoms with Crippen molar-refractivity contribution >= 4 is 23.4 Å². The van der Waals surface area contributed by atoms with Gasteiger partial charge in [-0.05, 0) is 49.9 Å². The van der Waals surface area contributed by atoms with E-state index in [2.05, 4.69) is 5.32 Å². The highest BCUT2D eigenvalue weighted by molar-refractivity contribution is 6.31. The third-order valence-electron chi connectivity index (χ3n) is 3.84. The number of benzene rings is 1. The molecule has 0 aromatic heterocycles. The number of amides is 2. The summed E-state index contributed by atoms with van der Waals surface area (Å²) in [6.45, 7) is 4.08. The Morgan fingerprint density at radius 2 is 2.04 bits per heavy atom. The summed E-state index contributed by atoms with van der Waals surface area (Å²) < 4.78 is 5.59. The van der Waals surface area contributed by atoms with Gasteiger partial charge in [0, 0.05) is 24.5 Å². The van der Waals surface area contributed by atoms with Crippen molar-refractivity contribution in [3.63, 3.8) is 0 Å². The van der Waals surface area contributed by atoms with Crippen molar-refractivity contribution in [2.24, 2.45) is 0 Å². The van der Waals surface area contributed by atoms with E-state index in [4.69, 9.17) is 16.3 Å². The fraction of sp³-hybridized carbons (Fsp3) is 0.529. The van der Waals surface area contributed by atoms with Gasteiger partial charge in [-0.25, -0.2) is 0 Å². The van der Waals surface area contributed by atoms with Crippen LogP contribution in [0, 0.1) is 6.92 Å². The van der Waals surface area contributed by atoms with E-state index in [0.29, 0.717) is 24.5 Å². The molecule has 1 aromatic carbocycles. The first-order valence-corrected chi connectivity index (χ1v) is 8.37. The summed E-state index contributed by atoms with van der Waals surface area (Å²) in [5.41, 5.74) is 0.960. The Morgan fingerprint density at radius 3 is 2.74 bits per heavy atom. The molecule has 5 nitrogen and oxygen atoms in total. The highest BCUT2D eigenvalue weighted by Crippen LogP contribution is 2.21. The molecular formula is C17H23ClN2O3. The van der Waals surface area contributed by atoms with Crippen molar-refractivity contribution in [1.29, 1.82) is 0 Å². The van der Waals surface area contributed by atoms with Crippen molar-refractivity contribution in [1.82, 2.24) is 10.2 Å². The molecule has 126 valence electrons. The summed E-state index contributed by atoms with van der Waals surface area (Å²) in [6.07, 6.45) is 3.06. The highest BCUT2D eigenvalue weighted by atomic mass is 35.5. The number of nitrogens with zero attached hydrogens (tertiary/aromatic N) is 1. The fourth-order valence-corrected chi connectivity index (χ4v) is 2.59. The quantitative estimate of drug-likeness (QED) is 0.777. The summed E-state index contributed by atoms with van der Waals surface area (Å²) in [5.74, 6) is 0.633. The molecule has 2 amide bonds. The van der Waals surface area contributed by atoms with Crippen molar-refractivity contribution in [2.45, 2.75) is 32.6 Å². The lowest BCUT2D eigenvalue weighted by Gasteiger charge is -2.15. The smallest absolute Gasteiger partial charge is 0.241 e. The fourth-order valence-electron chi connectivity index (χ4n) is 2.47. The molecule has 23 heavy (non-hydrogen) atoms. The summed E-state index contributed by atoms with van der Waals surface area (Å²) in [4.78, 5) is 25.3. The van der Waals surface area contributed by atoms with Crippen LogP contribution in [0.1, 0.15) is 31.2 Å². The van der Waals surface area contributed by atoms with Gasteiger partial charge in [0.25, 0.3) is 0 Å². The highest BCUT2D eigenvalue weighted by Gasteiger charge is 2.17. The van der Waals surface area contributed by atoms with E-state index in [1.54, 1.807) is 11.0 Å². The standard InChI is InChI=1S/C17H23ClN2O3/c1-13-11-14(6-7-15(13)18)23-10-4-5-16(21)19-12-17(22)20-8-2-3-9-20/h6-7,11H,2-5,8-10,12H2,1H3,(H,19,21). The van der Waals surface area contributed by atoms with Crippen molar-refractivity contribution in [2.75, 3.05) is 26.2 Å². The first-order chi connectivity index (χ1) is 11.1. The third kappa shape index (κ3) is 5.75. The Hall–Kier alpha value is -1.75. The molecule has 0 bridgehead atoms. The zero-order chi connectivity index (χ0) is 16.7. The van der Waals surface area contributed by atoms with Gasteiger partial charge in [0.15, 0.2) is 0 Å². The Kier molecular flexibility index (Phi) is 6.71. The van der Waals surface area contributed by atoms with Crippen LogP contribution >= 0.6 is 11.6 Å². The van der Waals surface area contributed by atoms with Gasteiger partial charge >= 0.3 is 0 Å². The molecule has 0 unspecified atom stereocenters. The summed E-state index contributed by atoms with van der Waals surface area (Å²) in [5, 5.41) is 3.38. The van der Waals surface area contributed by atoms with Gasteiger partial charge in [-0.2, -0.15) is 0 Å². The number of ether oxygens (including phenoxy) is 1. The minimum Gasteiger partial charge on any atom is -0.494 e. The van der Waals surface area contributed by atoms with Crippen LogP contribution in [0.2, 0.25) is 5.02 Å². The summed E-state index contributed by atoms with van der Waals surface area (Å²) >= 11 is 5.95. The topological polar surface area (TPSA) is 58.6 Å². The van der Waals surface area contributed by atoms with Crippen LogP contribution in [0.4, 0.5) is 0 Å². The Labute approximate surface area is 141 Å². The number of hydrogen-bond donors (Lipinski definition) is 1. The van der Waals surface area contributed by atoms with Crippen LogP contribution in [-0.2, 0) is 9.59 Å². The van der Waals surface area contributed by atoms with Crippen LogP contribution in [0.25, 0.3) is 0 Å². The lowest BCUT2D eigenvalue weighted by molar-refractivity contribution is -0.132. The van der Waals surface area contributed by atoms with Gasteiger partial charge in [0.05, 0.1) is 13.2 Å². The molecule has 0 aliphatic carbocycles. The molecule has 1 aromatic rings. The summed E-state index contributed by atoms with van der Waals surface area (Å²) in [6, 6.07) is 5.48. The number of carbonyl (C=O) groups excluding carboxylic acids is 2. The van der Waals surface area contributed by atoms with Crippen LogP contribution in [0.3, 0.4) is 0 Å². The molecule has 1 fully saturated rings. The van der Waals surface area contributed by atoms with Crippen LogP contribution < -0.4 is 10.1 Å². The van der Waals surface area contributed by atoms with E-state index in [0.717, 1.165) is 37.2 Å². The van der Waals surface area contributed by atoms with Crippen molar-refractivity contribution in [3.8, 4) is 5.75 Å². The predicted molar refractivity (Wildman–Crippen MR) is 89.7 cm³/mol. The van der Waals surface area contributed by atoms with Crippen molar-refractivity contribution < 1.29 is 14.3 Å². The molecule has 1 N–H and O–H groups in total. The first-order valence-electron chi connectivity index (χ1n) is 7.99. The lowest BCUT2D eigenvalue weighted by Crippen LogP contribution is -2.38. The van der Waals surface area contributed by atoms with Crippen LogP contribution in [0.15, 0.2) is 18.2 Å². The number of hydrogen-bond acceptors (Lipinski definition) is 3. The Bertz CT molecular complexity index is 557. The minimum atomic E-state index is -0.117. The van der Waals surface area contributed by atoms with Crippen molar-refractivity contribution in [3.05, 3.63) is 28.8 Å². The largest absolute Gasteiger partial charge is 0.494 e. The van der Waals surface area contributed by atoms with E-state index in [-0.39, 0.29) is 18.4 Å². The molecule has 1 aliphatic rings. The van der Waals surface area contributed by atoms with E-state index >= 15 is 0 Å². The molecule has 0 spiro atoms. The summed E-state index contributed by atoms with van der Waals surface area (Å²) in [7, 11) is 0. The zero-order valence-corrected chi connectivity index (χ0v) is 14.2. The van der Waals surface area contributed by atoms with Gasteiger partial charge in [-0.3, -0.25) is 9.59 Å². The third-order valence-corrected chi connectivity index (χ3v) is 4.27. The first kappa shape index (κ1) is 17.6. The second-order valence-electron chi connectivity index (χ2n) is 5.73. The molecule has 0 saturated carbocycles. The second-order valence-corrected chi connectivity index (χ2v) is 6.13. The zero-order valence-electron chi connectivity index (χ0n) is 13.4. The van der Waals surface area contributed by atoms with Gasteiger partial charge in [-0.15, -0.1) is 0 Å². The van der Waals surface area contributed by atoms with E-state index in [1.807, 2.05) is 19.1 Å². The average molecular weight is 339 g/mol. The van der Waals surface area contributed by atoms with Crippen LogP contribution in [0.5, 0.6) is 5.75 Å². The number of halogens is 1. The number of rotatable bonds is 7. The van der Waals surface area contributed by atoms with E-state index in [1.165, 1.54) is 0 Å². The number of nitrogens with one attached hydrogen (secondary N) is 1. The number of carbonyl (C=O) groups is 2. The molecular weight excluding hydrogens is 316 g/mol. The number of likely N-dealkylation sites (tertiary alicyclic amines) is 1. The minimum absolute atomic E-state index is 0.00346. The average Bonchev–Trinajstić information content (AvgIpc) is 3.07. The lowest BCUT2D eigenvalue weighted by atomic mass is 10.2. The number of aryl methyl sites for hydroxylation is 1. The van der Waals surface area contributed by atoms with E-state index < -0.39 is 0 Å². The monoisotopic (exact) mass is 338 g/mol. The van der Waals surface area contributed by atoms with Gasteiger partial charge in [0.1, 0.15) is 5.75 Å². The van der Waals surface area contributed by atoms with E-state index in [9.17, 15) is 9.59 Å². The maximum atomic E-state index is 11.8. The molecule has 1 aliphatic heterocycles.